The number of methoxy groups -OCH3 is 1. The van der Waals surface area contributed by atoms with Crippen molar-refractivity contribution >= 4 is 41.2 Å². The molecule has 3 heterocycles. The third-order valence-electron chi connectivity index (χ3n) is 7.25. The van der Waals surface area contributed by atoms with Crippen molar-refractivity contribution < 1.29 is 32.6 Å². The lowest BCUT2D eigenvalue weighted by Gasteiger charge is -2.44. The molecule has 0 aliphatic carbocycles. The third-order valence-corrected chi connectivity index (χ3v) is 7.54. The lowest BCUT2D eigenvalue weighted by atomic mass is 9.72. The van der Waals surface area contributed by atoms with Crippen molar-refractivity contribution in [1.82, 2.24) is 19.7 Å². The summed E-state index contributed by atoms with van der Waals surface area (Å²) in [6.07, 6.45) is -0.491. The maximum absolute atomic E-state index is 15.1. The Kier molecular flexibility index (Phi) is 9.10. The monoisotopic (exact) mass is 617 g/mol. The molecule has 1 aliphatic heterocycles. The molecule has 10 nitrogen and oxygen atoms in total. The van der Waals surface area contributed by atoms with E-state index in [0.717, 1.165) is 4.68 Å². The van der Waals surface area contributed by atoms with Gasteiger partial charge in [0.2, 0.25) is 0 Å². The number of likely N-dealkylation sites (tertiary alicyclic amines) is 1. The van der Waals surface area contributed by atoms with Gasteiger partial charge in [-0.1, -0.05) is 17.7 Å². The zero-order chi connectivity index (χ0) is 31.7. The molecule has 2 unspecified atom stereocenters. The van der Waals surface area contributed by atoms with Crippen LogP contribution in [-0.2, 0) is 20.7 Å². The highest BCUT2D eigenvalue weighted by atomic mass is 35.5. The van der Waals surface area contributed by atoms with Crippen molar-refractivity contribution in [3.63, 3.8) is 0 Å². The van der Waals surface area contributed by atoms with Crippen molar-refractivity contribution in [3.05, 3.63) is 70.0 Å². The van der Waals surface area contributed by atoms with Gasteiger partial charge in [0.1, 0.15) is 17.2 Å². The molecule has 1 aliphatic rings. The van der Waals surface area contributed by atoms with Gasteiger partial charge in [0.05, 0.1) is 28.8 Å². The van der Waals surface area contributed by atoms with Crippen LogP contribution in [0, 0.1) is 24.0 Å². The molecule has 43 heavy (non-hydrogen) atoms. The number of ether oxygens (including phenoxy) is 2. The third kappa shape index (κ3) is 6.96. The van der Waals surface area contributed by atoms with Crippen LogP contribution in [0.4, 0.5) is 25.2 Å². The fourth-order valence-electron chi connectivity index (χ4n) is 5.25. The molecule has 2 atom stereocenters. The van der Waals surface area contributed by atoms with E-state index in [9.17, 15) is 18.8 Å². The first-order valence-electron chi connectivity index (χ1n) is 13.7. The Morgan fingerprint density at radius 3 is 2.53 bits per heavy atom. The minimum atomic E-state index is -1.20. The zero-order valence-electron chi connectivity index (χ0n) is 24.8. The highest BCUT2D eigenvalue weighted by Gasteiger charge is 2.47. The number of nitrogens with zero attached hydrogens (tertiary/aromatic N) is 4. The van der Waals surface area contributed by atoms with Gasteiger partial charge in [-0.25, -0.2) is 18.6 Å². The molecule has 3 aromatic rings. The summed E-state index contributed by atoms with van der Waals surface area (Å²) in [5, 5.41) is 7.04. The number of carbonyl (C=O) groups is 3. The lowest BCUT2D eigenvalue weighted by molar-refractivity contribution is -0.156. The Labute approximate surface area is 253 Å². The molecule has 1 N–H and O–H groups in total. The molecule has 230 valence electrons. The molecule has 1 aromatic carbocycles. The summed E-state index contributed by atoms with van der Waals surface area (Å²) in [5.41, 5.74) is -1.55. The van der Waals surface area contributed by atoms with Gasteiger partial charge in [-0.3, -0.25) is 9.59 Å². The topological polar surface area (TPSA) is 116 Å². The number of amides is 1. The highest BCUT2D eigenvalue weighted by Crippen LogP contribution is 2.40. The Morgan fingerprint density at radius 1 is 1.16 bits per heavy atom. The molecule has 1 fully saturated rings. The number of hydrogen-bond donors (Lipinski definition) is 1. The molecule has 1 saturated heterocycles. The smallest absolute Gasteiger partial charge is 0.435 e. The van der Waals surface area contributed by atoms with Gasteiger partial charge in [-0.05, 0) is 71.7 Å². The second kappa shape index (κ2) is 12.3. The van der Waals surface area contributed by atoms with Crippen molar-refractivity contribution in [3.8, 4) is 0 Å². The van der Waals surface area contributed by atoms with Gasteiger partial charge in [-0.2, -0.15) is 4.68 Å². The number of carbonyl (C=O) groups excluding carboxylic acids is 3. The molecule has 13 heteroatoms. The van der Waals surface area contributed by atoms with Crippen molar-refractivity contribution in [2.24, 2.45) is 5.41 Å². The van der Waals surface area contributed by atoms with Crippen LogP contribution in [0.25, 0.3) is 0 Å². The summed E-state index contributed by atoms with van der Waals surface area (Å²) >= 11 is 5.87. The van der Waals surface area contributed by atoms with Gasteiger partial charge in [0.15, 0.2) is 11.6 Å². The number of hydrogen-bond acceptors (Lipinski definition) is 8. The maximum Gasteiger partial charge on any atom is 0.435 e. The van der Waals surface area contributed by atoms with Crippen LogP contribution in [-0.4, -0.2) is 62.9 Å². The van der Waals surface area contributed by atoms with Crippen LogP contribution in [0.15, 0.2) is 36.4 Å². The fourth-order valence-corrected chi connectivity index (χ4v) is 5.42. The molecule has 0 radical (unpaired) electrons. The summed E-state index contributed by atoms with van der Waals surface area (Å²) in [6, 6.07) is 7.93. The predicted molar refractivity (Wildman–Crippen MR) is 155 cm³/mol. The average Bonchev–Trinajstić information content (AvgIpc) is 3.30. The van der Waals surface area contributed by atoms with E-state index in [2.05, 4.69) is 15.4 Å². The van der Waals surface area contributed by atoms with Crippen molar-refractivity contribution in [1.29, 1.82) is 0 Å². The average molecular weight is 618 g/mol. The number of piperidine rings is 1. The Morgan fingerprint density at radius 2 is 1.88 bits per heavy atom. The van der Waals surface area contributed by atoms with E-state index in [-0.39, 0.29) is 53.7 Å². The minimum Gasteiger partial charge on any atom is -0.469 e. The molecule has 1 amide bonds. The first kappa shape index (κ1) is 31.9. The van der Waals surface area contributed by atoms with Crippen LogP contribution in [0.1, 0.15) is 62.3 Å². The van der Waals surface area contributed by atoms with E-state index >= 15 is 4.39 Å². The number of benzene rings is 1. The normalized spacial score (nSPS) is 18.7. The van der Waals surface area contributed by atoms with Gasteiger partial charge < -0.3 is 19.7 Å². The number of esters is 1. The van der Waals surface area contributed by atoms with Gasteiger partial charge in [-0.15, -0.1) is 5.10 Å². The van der Waals surface area contributed by atoms with Gasteiger partial charge >= 0.3 is 12.1 Å². The van der Waals surface area contributed by atoms with Crippen LogP contribution in [0.3, 0.4) is 0 Å². The quantitative estimate of drug-likeness (QED) is 0.331. The number of aryl methyl sites for hydroxylation is 1. The largest absolute Gasteiger partial charge is 0.469 e. The number of anilines is 2. The van der Waals surface area contributed by atoms with E-state index in [1.54, 1.807) is 40.7 Å². The maximum atomic E-state index is 15.1. The first-order valence-corrected chi connectivity index (χ1v) is 14.1. The van der Waals surface area contributed by atoms with Crippen molar-refractivity contribution in [2.45, 2.75) is 65.5 Å². The SMILES string of the molecule is COC(=O)C1(Cc2nc(Nc3cc(C)n(C(=O)OC(C)(C)C)n3)ccc2F)CCN(C(=O)c2cccc(Cl)c2F)C(C)C1. The van der Waals surface area contributed by atoms with Crippen LogP contribution in [0.2, 0.25) is 5.02 Å². The summed E-state index contributed by atoms with van der Waals surface area (Å²) in [4.78, 5) is 44.7. The van der Waals surface area contributed by atoms with Crippen LogP contribution in [0.5, 0.6) is 0 Å². The molecule has 4 rings (SSSR count). The summed E-state index contributed by atoms with van der Waals surface area (Å²) in [6.45, 7) is 8.76. The number of halogens is 3. The second-order valence-corrected chi connectivity index (χ2v) is 12.1. The van der Waals surface area contributed by atoms with E-state index in [0.29, 0.717) is 5.69 Å². The Bertz CT molecular complexity index is 1560. The number of rotatable bonds is 6. The second-order valence-electron chi connectivity index (χ2n) is 11.7. The van der Waals surface area contributed by atoms with Crippen molar-refractivity contribution in [2.75, 3.05) is 19.0 Å². The molecular weight excluding hydrogens is 584 g/mol. The Hall–Kier alpha value is -4.06. The van der Waals surface area contributed by atoms with E-state index < -0.39 is 46.7 Å². The number of pyridine rings is 1. The molecule has 0 saturated carbocycles. The van der Waals surface area contributed by atoms with Crippen LogP contribution >= 0.6 is 11.6 Å². The first-order chi connectivity index (χ1) is 20.1. The summed E-state index contributed by atoms with van der Waals surface area (Å²) in [5.74, 6) is -2.04. The highest BCUT2D eigenvalue weighted by molar-refractivity contribution is 6.31. The zero-order valence-corrected chi connectivity index (χ0v) is 25.6. The summed E-state index contributed by atoms with van der Waals surface area (Å²) in [7, 11) is 1.25. The van der Waals surface area contributed by atoms with Crippen LogP contribution < -0.4 is 5.32 Å². The number of aromatic nitrogens is 3. The standard InChI is InChI=1S/C30H34ClF2N5O5/c1-17-14-24(36-38(17)28(41)43-29(3,4)5)35-23-11-10-21(32)22(34-23)16-30(27(40)42-6)12-13-37(18(2)15-30)26(39)19-8-7-9-20(31)25(19)33/h7-11,14,18H,12-13,15-16H2,1-6H3,(H,34,35,36). The van der Waals surface area contributed by atoms with E-state index in [4.69, 9.17) is 21.1 Å². The molecule has 0 spiro atoms. The minimum absolute atomic E-state index is 0.00607. The Balaban J connectivity index is 1.55. The fraction of sp³-hybridized carbons (Fsp3) is 0.433. The van der Waals surface area contributed by atoms with Gasteiger partial charge in [0, 0.05) is 30.8 Å². The van der Waals surface area contributed by atoms with E-state index in [1.807, 2.05) is 0 Å². The predicted octanol–water partition coefficient (Wildman–Crippen LogP) is 6.07. The molecule has 2 aromatic heterocycles. The lowest BCUT2D eigenvalue weighted by Crippen LogP contribution is -2.52. The van der Waals surface area contributed by atoms with Gasteiger partial charge in [0.25, 0.3) is 5.91 Å². The molecular formula is C30H34ClF2N5O5. The summed E-state index contributed by atoms with van der Waals surface area (Å²) < 4.78 is 41.3. The number of nitrogens with one attached hydrogen (secondary N) is 1. The van der Waals surface area contributed by atoms with E-state index in [1.165, 1.54) is 42.3 Å². The molecule has 0 bridgehead atoms.